The summed E-state index contributed by atoms with van der Waals surface area (Å²) in [5.74, 6) is -1.44. The van der Waals surface area contributed by atoms with E-state index in [0.717, 1.165) is 16.6 Å². The molecule has 0 bridgehead atoms. The third-order valence-electron chi connectivity index (χ3n) is 1.95. The number of para-hydroxylation sites is 1. The van der Waals surface area contributed by atoms with E-state index in [-0.39, 0.29) is 5.75 Å². The predicted molar refractivity (Wildman–Crippen MR) is 60.6 cm³/mol. The smallest absolute Gasteiger partial charge is 0.198 e. The minimum absolute atomic E-state index is 0.382. The van der Waals surface area contributed by atoms with E-state index in [1.807, 2.05) is 0 Å². The second-order valence-electron chi connectivity index (χ2n) is 3.11. The number of benzene rings is 2. The summed E-state index contributed by atoms with van der Waals surface area (Å²) in [6, 6.07) is 10.3. The maximum atomic E-state index is 13.2. The van der Waals surface area contributed by atoms with Crippen molar-refractivity contribution in [1.82, 2.24) is 0 Å². The lowest BCUT2D eigenvalue weighted by molar-refractivity contribution is 0.407. The van der Waals surface area contributed by atoms with Gasteiger partial charge in [-0.15, -0.1) is 0 Å². The maximum Gasteiger partial charge on any atom is 0.198 e. The van der Waals surface area contributed by atoms with Crippen LogP contribution in [0, 0.1) is 11.6 Å². The zero-order chi connectivity index (χ0) is 11.5. The highest BCUT2D eigenvalue weighted by molar-refractivity contribution is 9.10. The highest BCUT2D eigenvalue weighted by atomic mass is 79.9. The number of hydrogen-bond donors (Lipinski definition) is 0. The lowest BCUT2D eigenvalue weighted by atomic mass is 10.3. The lowest BCUT2D eigenvalue weighted by Gasteiger charge is -2.07. The van der Waals surface area contributed by atoms with Gasteiger partial charge in [-0.2, -0.15) is 0 Å². The Balaban J connectivity index is 2.30. The van der Waals surface area contributed by atoms with Crippen LogP contribution in [0.1, 0.15) is 0 Å². The van der Waals surface area contributed by atoms with Crippen molar-refractivity contribution in [1.29, 1.82) is 0 Å². The van der Waals surface area contributed by atoms with Crippen molar-refractivity contribution in [3.63, 3.8) is 0 Å². The first-order valence-electron chi connectivity index (χ1n) is 4.54. The first-order chi connectivity index (χ1) is 7.66. The van der Waals surface area contributed by atoms with Crippen LogP contribution in [-0.2, 0) is 0 Å². The van der Waals surface area contributed by atoms with Crippen molar-refractivity contribution in [2.24, 2.45) is 0 Å². The van der Waals surface area contributed by atoms with E-state index in [4.69, 9.17) is 4.74 Å². The number of halogens is 3. The van der Waals surface area contributed by atoms with Gasteiger partial charge in [0.2, 0.25) is 0 Å². The van der Waals surface area contributed by atoms with Crippen molar-refractivity contribution < 1.29 is 13.5 Å². The van der Waals surface area contributed by atoms with Gasteiger partial charge < -0.3 is 4.74 Å². The van der Waals surface area contributed by atoms with Crippen molar-refractivity contribution in [3.8, 4) is 11.5 Å². The Kier molecular flexibility index (Phi) is 3.19. The molecular formula is C12H7BrF2O. The molecule has 0 N–H and O–H groups in total. The molecule has 2 aromatic rings. The van der Waals surface area contributed by atoms with E-state index >= 15 is 0 Å². The molecule has 2 rings (SSSR count). The van der Waals surface area contributed by atoms with E-state index in [9.17, 15) is 8.78 Å². The molecule has 16 heavy (non-hydrogen) atoms. The summed E-state index contributed by atoms with van der Waals surface area (Å²) in [5.41, 5.74) is 0. The van der Waals surface area contributed by atoms with Crippen LogP contribution in [0.25, 0.3) is 0 Å². The van der Waals surface area contributed by atoms with Crippen molar-refractivity contribution in [2.75, 3.05) is 0 Å². The standard InChI is InChI=1S/C12H7BrF2O/c13-8-4-6-9(7-5-8)16-12-10(14)2-1-3-11(12)15/h1-7H/i10+0. The largest absolute Gasteiger partial charge is 0.451 e. The average Bonchev–Trinajstić information content (AvgIpc) is 2.26. The Labute approximate surface area is 99.8 Å². The third-order valence-corrected chi connectivity index (χ3v) is 2.48. The van der Waals surface area contributed by atoms with Gasteiger partial charge in [-0.1, -0.05) is 22.0 Å². The zero-order valence-electron chi connectivity index (χ0n) is 8.08. The molecule has 0 fully saturated rings. The van der Waals surface area contributed by atoms with Gasteiger partial charge in [0.1, 0.15) is 5.75 Å². The molecule has 1 nitrogen and oxygen atoms in total. The predicted octanol–water partition coefficient (Wildman–Crippen LogP) is 4.52. The highest BCUT2D eigenvalue weighted by Crippen LogP contribution is 2.27. The van der Waals surface area contributed by atoms with Crippen LogP contribution in [0.3, 0.4) is 0 Å². The van der Waals surface area contributed by atoms with Gasteiger partial charge >= 0.3 is 0 Å². The fraction of sp³-hybridized carbons (Fsp3) is 0. The minimum atomic E-state index is -0.720. The summed E-state index contributed by atoms with van der Waals surface area (Å²) >= 11 is 3.26. The van der Waals surface area contributed by atoms with Crippen LogP contribution in [0.2, 0.25) is 0 Å². The molecule has 0 aromatic heterocycles. The van der Waals surface area contributed by atoms with Gasteiger partial charge in [0.05, 0.1) is 0 Å². The molecular weight excluding hydrogens is 278 g/mol. The van der Waals surface area contributed by atoms with E-state index in [1.165, 1.54) is 6.07 Å². The fourth-order valence-corrected chi connectivity index (χ4v) is 1.46. The summed E-state index contributed by atoms with van der Waals surface area (Å²) in [6.45, 7) is 0. The fourth-order valence-electron chi connectivity index (χ4n) is 1.20. The Morgan fingerprint density at radius 1 is 0.875 bits per heavy atom. The molecule has 0 aliphatic carbocycles. The molecule has 0 saturated heterocycles. The lowest BCUT2D eigenvalue weighted by Crippen LogP contribution is -1.91. The Bertz CT molecular complexity index is 477. The van der Waals surface area contributed by atoms with Crippen LogP contribution >= 0.6 is 15.9 Å². The SMILES string of the molecule is Fc1ccc[12c](F)c1Oc1ccc(Br)cc1. The average molecular weight is 285 g/mol. The minimum Gasteiger partial charge on any atom is -0.451 e. The van der Waals surface area contributed by atoms with Crippen molar-refractivity contribution >= 4 is 15.9 Å². The van der Waals surface area contributed by atoms with E-state index in [0.29, 0.717) is 5.75 Å². The molecule has 0 aliphatic rings. The van der Waals surface area contributed by atoms with Gasteiger partial charge in [-0.3, -0.25) is 0 Å². The number of rotatable bonds is 2. The van der Waals surface area contributed by atoms with E-state index in [1.54, 1.807) is 24.3 Å². The summed E-state index contributed by atoms with van der Waals surface area (Å²) in [6.07, 6.45) is 0. The Morgan fingerprint density at radius 3 is 2.00 bits per heavy atom. The van der Waals surface area contributed by atoms with Crippen LogP contribution < -0.4 is 4.74 Å². The first kappa shape index (κ1) is 11.1. The molecule has 0 atom stereocenters. The van der Waals surface area contributed by atoms with Crippen LogP contribution in [0.5, 0.6) is 11.5 Å². The topological polar surface area (TPSA) is 9.23 Å². The summed E-state index contributed by atoms with van der Waals surface area (Å²) < 4.78 is 32.5. The number of hydrogen-bond acceptors (Lipinski definition) is 1. The third kappa shape index (κ3) is 2.39. The summed E-state index contributed by atoms with van der Waals surface area (Å²) in [5, 5.41) is 0. The van der Waals surface area contributed by atoms with Crippen LogP contribution in [0.15, 0.2) is 46.9 Å². The van der Waals surface area contributed by atoms with Crippen molar-refractivity contribution in [3.05, 3.63) is 58.6 Å². The quantitative estimate of drug-likeness (QED) is 0.788. The summed E-state index contributed by atoms with van der Waals surface area (Å²) in [7, 11) is 0. The maximum absolute atomic E-state index is 13.2. The first-order valence-corrected chi connectivity index (χ1v) is 5.33. The van der Waals surface area contributed by atoms with Gasteiger partial charge in [0.15, 0.2) is 17.4 Å². The molecule has 0 aliphatic heterocycles. The molecule has 0 unspecified atom stereocenters. The molecule has 82 valence electrons. The van der Waals surface area contributed by atoms with Gasteiger partial charge in [-0.05, 0) is 36.4 Å². The Morgan fingerprint density at radius 2 is 1.44 bits per heavy atom. The van der Waals surface area contributed by atoms with E-state index < -0.39 is 11.6 Å². The Hall–Kier alpha value is -1.42. The molecule has 0 spiro atoms. The molecule has 0 saturated carbocycles. The molecule has 4 heteroatoms. The molecule has 0 radical (unpaired) electrons. The summed E-state index contributed by atoms with van der Waals surface area (Å²) in [4.78, 5) is 0. The zero-order valence-corrected chi connectivity index (χ0v) is 9.67. The van der Waals surface area contributed by atoms with E-state index in [2.05, 4.69) is 15.9 Å². The monoisotopic (exact) mass is 284 g/mol. The second kappa shape index (κ2) is 4.61. The second-order valence-corrected chi connectivity index (χ2v) is 4.02. The van der Waals surface area contributed by atoms with Crippen LogP contribution in [-0.4, -0.2) is 0 Å². The van der Waals surface area contributed by atoms with Crippen molar-refractivity contribution in [2.45, 2.75) is 0 Å². The molecule has 0 amide bonds. The highest BCUT2D eigenvalue weighted by Gasteiger charge is 2.10. The normalized spacial score (nSPS) is 10.2. The van der Waals surface area contributed by atoms with Crippen LogP contribution in [0.4, 0.5) is 8.78 Å². The number of ether oxygens (including phenoxy) is 1. The van der Waals surface area contributed by atoms with Gasteiger partial charge in [0, 0.05) is 4.47 Å². The van der Waals surface area contributed by atoms with Gasteiger partial charge in [0.25, 0.3) is 0 Å². The molecule has 2 aromatic carbocycles. The van der Waals surface area contributed by atoms with Gasteiger partial charge in [-0.25, -0.2) is 8.78 Å². The molecule has 0 heterocycles.